The average Bonchev–Trinajstić information content (AvgIpc) is 2.34. The lowest BCUT2D eigenvalue weighted by Crippen LogP contribution is -2.38. The summed E-state index contributed by atoms with van der Waals surface area (Å²) in [4.78, 5) is 12.6. The molecule has 1 aromatic rings. The van der Waals surface area contributed by atoms with Crippen LogP contribution >= 0.6 is 0 Å². The SMILES string of the molecule is CC(NCC(C)(C)CN(C)C)c1cccc([N+](=O)[O-])c1. The van der Waals surface area contributed by atoms with Crippen LogP contribution in [0.2, 0.25) is 0 Å². The largest absolute Gasteiger partial charge is 0.310 e. The molecule has 1 aromatic carbocycles. The predicted octanol–water partition coefficient (Wildman–Crippen LogP) is 2.83. The number of rotatable bonds is 7. The molecule has 0 bridgehead atoms. The fourth-order valence-electron chi connectivity index (χ4n) is 2.37. The van der Waals surface area contributed by atoms with Gasteiger partial charge in [0.2, 0.25) is 0 Å². The van der Waals surface area contributed by atoms with Gasteiger partial charge in [0.1, 0.15) is 0 Å². The highest BCUT2D eigenvalue weighted by Gasteiger charge is 2.20. The molecule has 112 valence electrons. The van der Waals surface area contributed by atoms with E-state index in [1.165, 1.54) is 6.07 Å². The summed E-state index contributed by atoms with van der Waals surface area (Å²) in [6.07, 6.45) is 0. The van der Waals surface area contributed by atoms with E-state index in [4.69, 9.17) is 0 Å². The summed E-state index contributed by atoms with van der Waals surface area (Å²) < 4.78 is 0. The summed E-state index contributed by atoms with van der Waals surface area (Å²) in [5.74, 6) is 0. The van der Waals surface area contributed by atoms with Gasteiger partial charge in [-0.15, -0.1) is 0 Å². The van der Waals surface area contributed by atoms with Crippen LogP contribution in [0.4, 0.5) is 5.69 Å². The van der Waals surface area contributed by atoms with Gasteiger partial charge in [0, 0.05) is 31.3 Å². The molecule has 0 radical (unpaired) electrons. The van der Waals surface area contributed by atoms with Gasteiger partial charge < -0.3 is 10.2 Å². The van der Waals surface area contributed by atoms with Crippen LogP contribution in [0.15, 0.2) is 24.3 Å². The first-order valence-corrected chi connectivity index (χ1v) is 6.84. The Morgan fingerprint density at radius 1 is 1.40 bits per heavy atom. The van der Waals surface area contributed by atoms with E-state index in [0.29, 0.717) is 0 Å². The normalized spacial score (nSPS) is 13.5. The van der Waals surface area contributed by atoms with Crippen molar-refractivity contribution in [2.45, 2.75) is 26.8 Å². The van der Waals surface area contributed by atoms with E-state index in [1.54, 1.807) is 12.1 Å². The van der Waals surface area contributed by atoms with Crippen molar-refractivity contribution in [3.05, 3.63) is 39.9 Å². The first-order valence-electron chi connectivity index (χ1n) is 6.84. The van der Waals surface area contributed by atoms with Gasteiger partial charge in [0.05, 0.1) is 4.92 Å². The number of nitro groups is 1. The van der Waals surface area contributed by atoms with Crippen molar-refractivity contribution in [1.82, 2.24) is 10.2 Å². The predicted molar refractivity (Wildman–Crippen MR) is 81.8 cm³/mol. The van der Waals surface area contributed by atoms with E-state index in [-0.39, 0.29) is 22.1 Å². The number of benzene rings is 1. The second-order valence-electron chi connectivity index (χ2n) is 6.36. The average molecular weight is 279 g/mol. The van der Waals surface area contributed by atoms with Gasteiger partial charge in [-0.3, -0.25) is 10.1 Å². The zero-order chi connectivity index (χ0) is 15.3. The summed E-state index contributed by atoms with van der Waals surface area (Å²) in [6.45, 7) is 8.29. The van der Waals surface area contributed by atoms with Crippen molar-refractivity contribution >= 4 is 5.69 Å². The molecule has 0 saturated carbocycles. The van der Waals surface area contributed by atoms with Crippen molar-refractivity contribution in [1.29, 1.82) is 0 Å². The molecule has 0 heterocycles. The van der Waals surface area contributed by atoms with Gasteiger partial charge in [0.15, 0.2) is 0 Å². The summed E-state index contributed by atoms with van der Waals surface area (Å²) >= 11 is 0. The molecule has 20 heavy (non-hydrogen) atoms. The summed E-state index contributed by atoms with van der Waals surface area (Å²) in [5.41, 5.74) is 1.24. The first-order chi connectivity index (χ1) is 9.21. The van der Waals surface area contributed by atoms with Gasteiger partial charge in [-0.2, -0.15) is 0 Å². The highest BCUT2D eigenvalue weighted by Crippen LogP contribution is 2.21. The molecule has 5 heteroatoms. The van der Waals surface area contributed by atoms with Gasteiger partial charge in [0.25, 0.3) is 5.69 Å². The van der Waals surface area contributed by atoms with Crippen LogP contribution in [-0.4, -0.2) is 37.0 Å². The monoisotopic (exact) mass is 279 g/mol. The molecule has 1 rings (SSSR count). The van der Waals surface area contributed by atoms with Crippen LogP contribution < -0.4 is 5.32 Å². The molecule has 0 aliphatic carbocycles. The molecule has 0 fully saturated rings. The number of nitro benzene ring substituents is 1. The van der Waals surface area contributed by atoms with Gasteiger partial charge >= 0.3 is 0 Å². The van der Waals surface area contributed by atoms with E-state index >= 15 is 0 Å². The lowest BCUT2D eigenvalue weighted by Gasteiger charge is -2.30. The molecule has 1 N–H and O–H groups in total. The zero-order valence-electron chi connectivity index (χ0n) is 13.0. The van der Waals surface area contributed by atoms with Crippen LogP contribution in [0.3, 0.4) is 0 Å². The molecular weight excluding hydrogens is 254 g/mol. The minimum atomic E-state index is -0.355. The van der Waals surface area contributed by atoms with Crippen LogP contribution in [0.1, 0.15) is 32.4 Å². The molecule has 0 aliphatic heterocycles. The van der Waals surface area contributed by atoms with E-state index in [9.17, 15) is 10.1 Å². The minimum absolute atomic E-state index is 0.0938. The van der Waals surface area contributed by atoms with Crippen LogP contribution in [0.25, 0.3) is 0 Å². The topological polar surface area (TPSA) is 58.4 Å². The number of nitrogens with zero attached hydrogens (tertiary/aromatic N) is 2. The van der Waals surface area contributed by atoms with Crippen molar-refractivity contribution in [2.24, 2.45) is 5.41 Å². The van der Waals surface area contributed by atoms with Gasteiger partial charge in [-0.25, -0.2) is 0 Å². The molecule has 5 nitrogen and oxygen atoms in total. The lowest BCUT2D eigenvalue weighted by molar-refractivity contribution is -0.384. The van der Waals surface area contributed by atoms with Crippen molar-refractivity contribution in [2.75, 3.05) is 27.2 Å². The van der Waals surface area contributed by atoms with Crippen LogP contribution in [-0.2, 0) is 0 Å². The Morgan fingerprint density at radius 3 is 2.60 bits per heavy atom. The highest BCUT2D eigenvalue weighted by molar-refractivity contribution is 5.35. The summed E-state index contributed by atoms with van der Waals surface area (Å²) in [7, 11) is 4.12. The maximum Gasteiger partial charge on any atom is 0.269 e. The number of non-ortho nitro benzene ring substituents is 1. The van der Waals surface area contributed by atoms with Crippen molar-refractivity contribution in [3.63, 3.8) is 0 Å². The highest BCUT2D eigenvalue weighted by atomic mass is 16.6. The van der Waals surface area contributed by atoms with Crippen molar-refractivity contribution in [3.8, 4) is 0 Å². The van der Waals surface area contributed by atoms with Crippen LogP contribution in [0, 0.1) is 15.5 Å². The molecular formula is C15H25N3O2. The molecule has 0 amide bonds. The summed E-state index contributed by atoms with van der Waals surface area (Å²) in [5, 5.41) is 14.3. The molecule has 0 aliphatic rings. The third-order valence-electron chi connectivity index (χ3n) is 3.21. The first kappa shape index (κ1) is 16.6. The Hall–Kier alpha value is -1.46. The van der Waals surface area contributed by atoms with E-state index in [0.717, 1.165) is 18.7 Å². The summed E-state index contributed by atoms with van der Waals surface area (Å²) in [6, 6.07) is 6.90. The van der Waals surface area contributed by atoms with Crippen LogP contribution in [0.5, 0.6) is 0 Å². The number of hydrogen-bond acceptors (Lipinski definition) is 4. The van der Waals surface area contributed by atoms with Crippen molar-refractivity contribution < 1.29 is 4.92 Å². The molecule has 1 atom stereocenters. The Balaban J connectivity index is 2.65. The minimum Gasteiger partial charge on any atom is -0.310 e. The number of hydrogen-bond donors (Lipinski definition) is 1. The Morgan fingerprint density at radius 2 is 2.05 bits per heavy atom. The molecule has 0 aromatic heterocycles. The van der Waals surface area contributed by atoms with E-state index in [2.05, 4.69) is 38.2 Å². The van der Waals surface area contributed by atoms with Gasteiger partial charge in [-0.05, 0) is 32.0 Å². The molecule has 0 spiro atoms. The second-order valence-corrected chi connectivity index (χ2v) is 6.36. The van der Waals surface area contributed by atoms with E-state index in [1.807, 2.05) is 13.0 Å². The molecule has 1 unspecified atom stereocenters. The Bertz CT molecular complexity index is 458. The Kier molecular flexibility index (Phi) is 5.65. The smallest absolute Gasteiger partial charge is 0.269 e. The third kappa shape index (κ3) is 5.27. The van der Waals surface area contributed by atoms with Gasteiger partial charge in [-0.1, -0.05) is 26.0 Å². The molecule has 0 saturated heterocycles. The lowest BCUT2D eigenvalue weighted by atomic mass is 9.92. The second kappa shape index (κ2) is 6.81. The zero-order valence-corrected chi connectivity index (χ0v) is 13.0. The quantitative estimate of drug-likeness (QED) is 0.616. The fourth-order valence-corrected chi connectivity index (χ4v) is 2.37. The maximum atomic E-state index is 10.8. The van der Waals surface area contributed by atoms with E-state index < -0.39 is 0 Å². The number of nitrogens with one attached hydrogen (secondary N) is 1. The third-order valence-corrected chi connectivity index (χ3v) is 3.21. The fraction of sp³-hybridized carbons (Fsp3) is 0.600. The Labute approximate surface area is 121 Å². The standard InChI is InChI=1S/C15H25N3O2/c1-12(16-10-15(2,3)11-17(4)5)13-7-6-8-14(9-13)18(19)20/h6-9,12,16H,10-11H2,1-5H3. The maximum absolute atomic E-state index is 10.8.